The summed E-state index contributed by atoms with van der Waals surface area (Å²) in [7, 11) is 0. The molecule has 1 heterocycles. The van der Waals surface area contributed by atoms with Gasteiger partial charge in [-0.25, -0.2) is 0 Å². The van der Waals surface area contributed by atoms with Crippen molar-refractivity contribution in [3.63, 3.8) is 0 Å². The monoisotopic (exact) mass is 305 g/mol. The van der Waals surface area contributed by atoms with Gasteiger partial charge in [0.2, 0.25) is 0 Å². The first-order valence-electron chi connectivity index (χ1n) is 7.52. The molecule has 6 heteroatoms. The van der Waals surface area contributed by atoms with E-state index in [1.807, 2.05) is 26.8 Å². The molecule has 1 aromatic carbocycles. The van der Waals surface area contributed by atoms with Gasteiger partial charge in [0.25, 0.3) is 11.8 Å². The fourth-order valence-electron chi connectivity index (χ4n) is 2.24. The lowest BCUT2D eigenvalue weighted by Gasteiger charge is -2.23. The lowest BCUT2D eigenvalue weighted by atomic mass is 10.1. The van der Waals surface area contributed by atoms with Gasteiger partial charge in [-0.3, -0.25) is 9.59 Å². The first kappa shape index (κ1) is 16.5. The molecule has 1 aliphatic heterocycles. The van der Waals surface area contributed by atoms with E-state index in [1.54, 1.807) is 12.1 Å². The zero-order valence-electron chi connectivity index (χ0n) is 13.2. The third-order valence-electron chi connectivity index (χ3n) is 3.39. The highest BCUT2D eigenvalue weighted by Crippen LogP contribution is 2.16. The van der Waals surface area contributed by atoms with Crippen LogP contribution < -0.4 is 16.0 Å². The molecular weight excluding hydrogens is 282 g/mol. The molecule has 1 aliphatic rings. The SMILES string of the molecule is Cc1ccc(NC(=O)C2CNCCO2)cc1C(=O)NC(C)C. The molecule has 0 aromatic heterocycles. The predicted octanol–water partition coefficient (Wildman–Crippen LogP) is 1.06. The summed E-state index contributed by atoms with van der Waals surface area (Å²) >= 11 is 0. The minimum atomic E-state index is -0.497. The minimum Gasteiger partial charge on any atom is -0.366 e. The van der Waals surface area contributed by atoms with E-state index < -0.39 is 6.10 Å². The van der Waals surface area contributed by atoms with Gasteiger partial charge >= 0.3 is 0 Å². The number of carbonyl (C=O) groups is 2. The molecule has 1 aromatic rings. The molecule has 0 aliphatic carbocycles. The molecule has 2 amide bonds. The third-order valence-corrected chi connectivity index (χ3v) is 3.39. The smallest absolute Gasteiger partial charge is 0.254 e. The Balaban J connectivity index is 2.08. The topological polar surface area (TPSA) is 79.5 Å². The van der Waals surface area contributed by atoms with Crippen LogP contribution >= 0.6 is 0 Å². The first-order chi connectivity index (χ1) is 10.5. The van der Waals surface area contributed by atoms with E-state index >= 15 is 0 Å². The van der Waals surface area contributed by atoms with Crippen molar-refractivity contribution in [2.75, 3.05) is 25.0 Å². The van der Waals surface area contributed by atoms with Crippen LogP contribution in [0.1, 0.15) is 29.8 Å². The predicted molar refractivity (Wildman–Crippen MR) is 85.0 cm³/mol. The Labute approximate surface area is 130 Å². The number of ether oxygens (including phenoxy) is 1. The van der Waals surface area contributed by atoms with Crippen molar-refractivity contribution < 1.29 is 14.3 Å². The summed E-state index contributed by atoms with van der Waals surface area (Å²) in [6.45, 7) is 7.47. The summed E-state index contributed by atoms with van der Waals surface area (Å²) in [4.78, 5) is 24.3. The average molecular weight is 305 g/mol. The van der Waals surface area contributed by atoms with Crippen molar-refractivity contribution >= 4 is 17.5 Å². The van der Waals surface area contributed by atoms with Crippen LogP contribution in [-0.4, -0.2) is 43.7 Å². The van der Waals surface area contributed by atoms with E-state index in [2.05, 4.69) is 16.0 Å². The van der Waals surface area contributed by atoms with Crippen molar-refractivity contribution in [3.05, 3.63) is 29.3 Å². The van der Waals surface area contributed by atoms with Crippen LogP contribution in [0.3, 0.4) is 0 Å². The molecule has 1 unspecified atom stereocenters. The fourth-order valence-corrected chi connectivity index (χ4v) is 2.24. The van der Waals surface area contributed by atoms with Crippen molar-refractivity contribution in [2.24, 2.45) is 0 Å². The maximum atomic E-state index is 12.2. The number of rotatable bonds is 4. The van der Waals surface area contributed by atoms with Crippen LogP contribution in [0.15, 0.2) is 18.2 Å². The summed E-state index contributed by atoms with van der Waals surface area (Å²) in [5, 5.41) is 8.77. The molecule has 6 nitrogen and oxygen atoms in total. The van der Waals surface area contributed by atoms with Crippen molar-refractivity contribution in [3.8, 4) is 0 Å². The number of amides is 2. The van der Waals surface area contributed by atoms with E-state index in [4.69, 9.17) is 4.74 Å². The quantitative estimate of drug-likeness (QED) is 0.777. The maximum absolute atomic E-state index is 12.2. The Bertz CT molecular complexity index is 552. The molecule has 1 atom stereocenters. The second-order valence-corrected chi connectivity index (χ2v) is 5.71. The Morgan fingerprint density at radius 2 is 2.14 bits per heavy atom. The van der Waals surface area contributed by atoms with Crippen LogP contribution in [-0.2, 0) is 9.53 Å². The Hall–Kier alpha value is -1.92. The van der Waals surface area contributed by atoms with Gasteiger partial charge in [0, 0.05) is 30.4 Å². The molecule has 3 N–H and O–H groups in total. The summed E-state index contributed by atoms with van der Waals surface area (Å²) in [5.41, 5.74) is 2.03. The third kappa shape index (κ3) is 4.29. The molecule has 120 valence electrons. The van der Waals surface area contributed by atoms with E-state index in [9.17, 15) is 9.59 Å². The highest BCUT2D eigenvalue weighted by atomic mass is 16.5. The van der Waals surface area contributed by atoms with Gasteiger partial charge in [-0.2, -0.15) is 0 Å². The summed E-state index contributed by atoms with van der Waals surface area (Å²) in [6.07, 6.45) is -0.497. The zero-order valence-corrected chi connectivity index (χ0v) is 13.2. The van der Waals surface area contributed by atoms with Gasteiger partial charge < -0.3 is 20.7 Å². The number of benzene rings is 1. The van der Waals surface area contributed by atoms with Crippen molar-refractivity contribution in [1.29, 1.82) is 0 Å². The van der Waals surface area contributed by atoms with Crippen molar-refractivity contribution in [2.45, 2.75) is 32.9 Å². The molecule has 0 spiro atoms. The summed E-state index contributed by atoms with van der Waals surface area (Å²) < 4.78 is 5.41. The van der Waals surface area contributed by atoms with Gasteiger partial charge in [0.1, 0.15) is 6.10 Å². The second-order valence-electron chi connectivity index (χ2n) is 5.71. The number of carbonyl (C=O) groups excluding carboxylic acids is 2. The van der Waals surface area contributed by atoms with Crippen molar-refractivity contribution in [1.82, 2.24) is 10.6 Å². The van der Waals surface area contributed by atoms with Crippen LogP contribution in [0.5, 0.6) is 0 Å². The van der Waals surface area contributed by atoms with Gasteiger partial charge in [-0.05, 0) is 38.5 Å². The zero-order chi connectivity index (χ0) is 16.1. The average Bonchev–Trinajstić information content (AvgIpc) is 2.49. The molecule has 1 saturated heterocycles. The normalized spacial score (nSPS) is 18.1. The number of morpholine rings is 1. The van der Waals surface area contributed by atoms with E-state index in [0.717, 1.165) is 12.1 Å². The van der Waals surface area contributed by atoms with Crippen LogP contribution in [0.25, 0.3) is 0 Å². The Kier molecular flexibility index (Phi) is 5.51. The lowest BCUT2D eigenvalue weighted by molar-refractivity contribution is -0.128. The first-order valence-corrected chi connectivity index (χ1v) is 7.52. The number of nitrogens with one attached hydrogen (secondary N) is 3. The molecule has 1 fully saturated rings. The standard InChI is InChI=1S/C16H23N3O3/c1-10(2)18-15(20)13-8-12(5-4-11(13)3)19-16(21)14-9-17-6-7-22-14/h4-5,8,10,14,17H,6-7,9H2,1-3H3,(H,18,20)(H,19,21). The molecule has 0 radical (unpaired) electrons. The summed E-state index contributed by atoms with van der Waals surface area (Å²) in [6, 6.07) is 5.37. The van der Waals surface area contributed by atoms with Gasteiger partial charge in [-0.1, -0.05) is 6.07 Å². The van der Waals surface area contributed by atoms with Gasteiger partial charge in [0.05, 0.1) is 6.61 Å². The Morgan fingerprint density at radius 1 is 1.36 bits per heavy atom. The van der Waals surface area contributed by atoms with E-state index in [-0.39, 0.29) is 17.9 Å². The van der Waals surface area contributed by atoms with Gasteiger partial charge in [-0.15, -0.1) is 0 Å². The molecule has 22 heavy (non-hydrogen) atoms. The molecule has 0 saturated carbocycles. The van der Waals surface area contributed by atoms with E-state index in [0.29, 0.717) is 24.4 Å². The van der Waals surface area contributed by atoms with Crippen LogP contribution in [0.2, 0.25) is 0 Å². The minimum absolute atomic E-state index is 0.0619. The van der Waals surface area contributed by atoms with Crippen LogP contribution in [0, 0.1) is 6.92 Å². The lowest BCUT2D eigenvalue weighted by Crippen LogP contribution is -2.45. The highest BCUT2D eigenvalue weighted by Gasteiger charge is 2.22. The fraction of sp³-hybridized carbons (Fsp3) is 0.500. The largest absolute Gasteiger partial charge is 0.366 e. The highest BCUT2D eigenvalue weighted by molar-refractivity contribution is 5.99. The second kappa shape index (κ2) is 7.38. The Morgan fingerprint density at radius 3 is 2.77 bits per heavy atom. The van der Waals surface area contributed by atoms with Crippen LogP contribution in [0.4, 0.5) is 5.69 Å². The van der Waals surface area contributed by atoms with E-state index in [1.165, 1.54) is 0 Å². The number of hydrogen-bond acceptors (Lipinski definition) is 4. The number of anilines is 1. The number of aryl methyl sites for hydroxylation is 1. The van der Waals surface area contributed by atoms with Gasteiger partial charge in [0.15, 0.2) is 0 Å². The summed E-state index contributed by atoms with van der Waals surface area (Å²) in [5.74, 6) is -0.342. The molecule has 2 rings (SSSR count). The molecular formula is C16H23N3O3. The molecule has 0 bridgehead atoms. The maximum Gasteiger partial charge on any atom is 0.254 e. The number of hydrogen-bond donors (Lipinski definition) is 3.